The van der Waals surface area contributed by atoms with Gasteiger partial charge in [0, 0.05) is 12.6 Å². The molecule has 0 aliphatic heterocycles. The third-order valence-electron chi connectivity index (χ3n) is 4.41. The van der Waals surface area contributed by atoms with E-state index >= 15 is 0 Å². The molecule has 0 spiro atoms. The SMILES string of the molecule is CCC(C)C(C)NCC1(C)CCCCC1. The zero-order valence-corrected chi connectivity index (χ0v) is 11.1. The van der Waals surface area contributed by atoms with Crippen LogP contribution in [0.2, 0.25) is 0 Å². The van der Waals surface area contributed by atoms with Gasteiger partial charge in [0.2, 0.25) is 0 Å². The topological polar surface area (TPSA) is 12.0 Å². The molecule has 1 saturated carbocycles. The summed E-state index contributed by atoms with van der Waals surface area (Å²) < 4.78 is 0. The van der Waals surface area contributed by atoms with Gasteiger partial charge in [-0.05, 0) is 31.1 Å². The lowest BCUT2D eigenvalue weighted by Gasteiger charge is -2.35. The van der Waals surface area contributed by atoms with E-state index in [1.807, 2.05) is 0 Å². The van der Waals surface area contributed by atoms with Gasteiger partial charge >= 0.3 is 0 Å². The van der Waals surface area contributed by atoms with E-state index in [0.29, 0.717) is 11.5 Å². The zero-order chi connectivity index (χ0) is 11.3. The van der Waals surface area contributed by atoms with Gasteiger partial charge in [-0.1, -0.05) is 46.5 Å². The first kappa shape index (κ1) is 13.0. The van der Waals surface area contributed by atoms with Crippen molar-refractivity contribution in [2.45, 2.75) is 72.3 Å². The van der Waals surface area contributed by atoms with Crippen molar-refractivity contribution in [1.82, 2.24) is 5.32 Å². The van der Waals surface area contributed by atoms with Gasteiger partial charge in [0.15, 0.2) is 0 Å². The summed E-state index contributed by atoms with van der Waals surface area (Å²) in [7, 11) is 0. The van der Waals surface area contributed by atoms with Gasteiger partial charge < -0.3 is 5.32 Å². The van der Waals surface area contributed by atoms with Gasteiger partial charge in [-0.15, -0.1) is 0 Å². The van der Waals surface area contributed by atoms with Gasteiger partial charge in [0.25, 0.3) is 0 Å². The minimum Gasteiger partial charge on any atom is -0.313 e. The van der Waals surface area contributed by atoms with Crippen LogP contribution in [0.3, 0.4) is 0 Å². The summed E-state index contributed by atoms with van der Waals surface area (Å²) >= 11 is 0. The van der Waals surface area contributed by atoms with E-state index in [2.05, 4.69) is 33.0 Å². The van der Waals surface area contributed by atoms with Crippen molar-refractivity contribution in [2.75, 3.05) is 6.54 Å². The maximum absolute atomic E-state index is 3.74. The summed E-state index contributed by atoms with van der Waals surface area (Å²) in [6.45, 7) is 10.6. The molecule has 1 heteroatoms. The summed E-state index contributed by atoms with van der Waals surface area (Å²) in [5.41, 5.74) is 0.583. The first-order chi connectivity index (χ1) is 7.07. The molecule has 0 amide bonds. The monoisotopic (exact) mass is 211 g/mol. The molecule has 15 heavy (non-hydrogen) atoms. The van der Waals surface area contributed by atoms with E-state index in [0.717, 1.165) is 5.92 Å². The lowest BCUT2D eigenvalue weighted by atomic mass is 9.75. The Balaban J connectivity index is 2.28. The second-order valence-corrected chi connectivity index (χ2v) is 5.93. The Labute approximate surface area is 96.0 Å². The minimum atomic E-state index is 0.583. The first-order valence-electron chi connectivity index (χ1n) is 6.81. The molecule has 1 rings (SSSR count). The second-order valence-electron chi connectivity index (χ2n) is 5.93. The van der Waals surface area contributed by atoms with Gasteiger partial charge in [0.05, 0.1) is 0 Å². The molecule has 0 radical (unpaired) electrons. The number of hydrogen-bond acceptors (Lipinski definition) is 1. The van der Waals surface area contributed by atoms with Crippen LogP contribution in [-0.2, 0) is 0 Å². The van der Waals surface area contributed by atoms with Gasteiger partial charge in [0.1, 0.15) is 0 Å². The molecular weight excluding hydrogens is 182 g/mol. The van der Waals surface area contributed by atoms with Crippen molar-refractivity contribution in [3.63, 3.8) is 0 Å². The van der Waals surface area contributed by atoms with Crippen molar-refractivity contribution >= 4 is 0 Å². The van der Waals surface area contributed by atoms with Crippen molar-refractivity contribution in [3.05, 3.63) is 0 Å². The van der Waals surface area contributed by atoms with Crippen molar-refractivity contribution < 1.29 is 0 Å². The lowest BCUT2D eigenvalue weighted by Crippen LogP contribution is -2.40. The van der Waals surface area contributed by atoms with Gasteiger partial charge in [-0.2, -0.15) is 0 Å². The minimum absolute atomic E-state index is 0.583. The van der Waals surface area contributed by atoms with E-state index in [-0.39, 0.29) is 0 Å². The van der Waals surface area contributed by atoms with Crippen LogP contribution < -0.4 is 5.32 Å². The van der Waals surface area contributed by atoms with Gasteiger partial charge in [-0.25, -0.2) is 0 Å². The van der Waals surface area contributed by atoms with Crippen molar-refractivity contribution in [3.8, 4) is 0 Å². The standard InChI is InChI=1S/C14H29N/c1-5-12(2)13(3)15-11-14(4)9-7-6-8-10-14/h12-13,15H,5-11H2,1-4H3. The maximum atomic E-state index is 3.74. The summed E-state index contributed by atoms with van der Waals surface area (Å²) in [6, 6.07) is 0.675. The maximum Gasteiger partial charge on any atom is 0.00644 e. The fourth-order valence-electron chi connectivity index (χ4n) is 2.54. The van der Waals surface area contributed by atoms with Crippen LogP contribution in [0.4, 0.5) is 0 Å². The molecule has 1 nitrogen and oxygen atoms in total. The van der Waals surface area contributed by atoms with Crippen molar-refractivity contribution in [1.29, 1.82) is 0 Å². The van der Waals surface area contributed by atoms with E-state index in [1.165, 1.54) is 45.1 Å². The quantitative estimate of drug-likeness (QED) is 0.725. The highest BCUT2D eigenvalue weighted by Gasteiger charge is 2.27. The van der Waals surface area contributed by atoms with Crippen LogP contribution in [0.15, 0.2) is 0 Å². The average molecular weight is 211 g/mol. The summed E-state index contributed by atoms with van der Waals surface area (Å²) in [5, 5.41) is 3.74. The molecule has 0 aromatic heterocycles. The van der Waals surface area contributed by atoms with Gasteiger partial charge in [-0.3, -0.25) is 0 Å². The molecule has 1 aliphatic carbocycles. The Morgan fingerprint density at radius 3 is 2.27 bits per heavy atom. The van der Waals surface area contributed by atoms with Crippen LogP contribution in [0.1, 0.15) is 66.2 Å². The first-order valence-corrected chi connectivity index (χ1v) is 6.81. The molecule has 90 valence electrons. The average Bonchev–Trinajstić information content (AvgIpc) is 2.26. The van der Waals surface area contributed by atoms with E-state index in [4.69, 9.17) is 0 Å². The third kappa shape index (κ3) is 4.14. The number of hydrogen-bond donors (Lipinski definition) is 1. The summed E-state index contributed by atoms with van der Waals surface area (Å²) in [5.74, 6) is 0.803. The Morgan fingerprint density at radius 2 is 1.73 bits per heavy atom. The number of nitrogens with one attached hydrogen (secondary N) is 1. The van der Waals surface area contributed by atoms with E-state index in [1.54, 1.807) is 0 Å². The Bertz CT molecular complexity index is 170. The molecule has 2 atom stereocenters. The van der Waals surface area contributed by atoms with Crippen LogP contribution in [0.5, 0.6) is 0 Å². The molecule has 0 bridgehead atoms. The molecule has 0 heterocycles. The highest BCUT2D eigenvalue weighted by molar-refractivity contribution is 4.82. The fraction of sp³-hybridized carbons (Fsp3) is 1.00. The van der Waals surface area contributed by atoms with E-state index < -0.39 is 0 Å². The summed E-state index contributed by atoms with van der Waals surface area (Å²) in [4.78, 5) is 0. The second kappa shape index (κ2) is 5.89. The zero-order valence-electron chi connectivity index (χ0n) is 11.1. The molecule has 1 aliphatic rings. The predicted octanol–water partition coefficient (Wildman–Crippen LogP) is 3.98. The normalized spacial score (nSPS) is 24.8. The molecule has 1 N–H and O–H groups in total. The molecule has 0 saturated heterocycles. The smallest absolute Gasteiger partial charge is 0.00644 e. The molecular formula is C14H29N. The Morgan fingerprint density at radius 1 is 1.13 bits per heavy atom. The predicted molar refractivity (Wildman–Crippen MR) is 68.1 cm³/mol. The Hall–Kier alpha value is -0.0400. The summed E-state index contributed by atoms with van der Waals surface area (Å²) in [6.07, 6.45) is 8.47. The Kier molecular flexibility index (Phi) is 5.11. The van der Waals surface area contributed by atoms with Crippen LogP contribution >= 0.6 is 0 Å². The molecule has 0 aromatic carbocycles. The fourth-order valence-corrected chi connectivity index (χ4v) is 2.54. The highest BCUT2D eigenvalue weighted by atomic mass is 14.9. The van der Waals surface area contributed by atoms with Crippen LogP contribution in [0, 0.1) is 11.3 Å². The third-order valence-corrected chi connectivity index (χ3v) is 4.41. The van der Waals surface area contributed by atoms with Crippen molar-refractivity contribution in [2.24, 2.45) is 11.3 Å². The molecule has 1 fully saturated rings. The van der Waals surface area contributed by atoms with E-state index in [9.17, 15) is 0 Å². The molecule has 0 aromatic rings. The van der Waals surface area contributed by atoms with Crippen LogP contribution in [0.25, 0.3) is 0 Å². The molecule has 2 unspecified atom stereocenters. The number of rotatable bonds is 5. The highest BCUT2D eigenvalue weighted by Crippen LogP contribution is 2.35. The lowest BCUT2D eigenvalue weighted by molar-refractivity contribution is 0.193. The largest absolute Gasteiger partial charge is 0.313 e. The van der Waals surface area contributed by atoms with Crippen LogP contribution in [-0.4, -0.2) is 12.6 Å².